The number of aliphatic hydroxyl groups excluding tert-OH is 1. The first-order valence-corrected chi connectivity index (χ1v) is 13.9. The number of carbonyl (C=O) groups is 1. The first-order chi connectivity index (χ1) is 13.4. The second kappa shape index (κ2) is 11.3. The molecular weight excluding hydrogens is 378 g/mol. The van der Waals surface area contributed by atoms with E-state index in [0.29, 0.717) is 0 Å². The van der Waals surface area contributed by atoms with Crippen LogP contribution in [-0.2, 0) is 9.22 Å². The Hall–Kier alpha value is -1.17. The van der Waals surface area contributed by atoms with Crippen LogP contribution in [0.2, 0.25) is 18.1 Å². The van der Waals surface area contributed by atoms with Crippen LogP contribution in [0.25, 0.3) is 0 Å². The van der Waals surface area contributed by atoms with Crippen LogP contribution in [0.1, 0.15) is 72.0 Å². The standard InChI is InChI=1S/C24H43NO3Si/c1-19(15-11-10-14-18-28-29(7,8)24(3,4)5)23(27)25(6)20(2)22(26)21-16-12-9-13-17-21/h9,12-13,16-17,19-20,22,26H,10-11,14-15,18H2,1-8H3/t19-,20+,22-/m1/s1. The summed E-state index contributed by atoms with van der Waals surface area (Å²) in [6.07, 6.45) is 3.35. The first kappa shape index (κ1) is 25.9. The van der Waals surface area contributed by atoms with E-state index < -0.39 is 14.4 Å². The molecule has 29 heavy (non-hydrogen) atoms. The fourth-order valence-electron chi connectivity index (χ4n) is 3.09. The lowest BCUT2D eigenvalue weighted by Crippen LogP contribution is -2.41. The lowest BCUT2D eigenvalue weighted by atomic mass is 9.98. The largest absolute Gasteiger partial charge is 0.417 e. The van der Waals surface area contributed by atoms with Gasteiger partial charge in [-0.1, -0.05) is 70.9 Å². The van der Waals surface area contributed by atoms with Crippen molar-refractivity contribution in [3.05, 3.63) is 35.9 Å². The van der Waals surface area contributed by atoms with E-state index in [2.05, 4.69) is 33.9 Å². The van der Waals surface area contributed by atoms with E-state index >= 15 is 0 Å². The van der Waals surface area contributed by atoms with Crippen LogP contribution in [0.3, 0.4) is 0 Å². The molecule has 0 fully saturated rings. The zero-order valence-electron chi connectivity index (χ0n) is 19.9. The summed E-state index contributed by atoms with van der Waals surface area (Å²) >= 11 is 0. The number of aliphatic hydroxyl groups is 1. The van der Waals surface area contributed by atoms with Gasteiger partial charge in [0.05, 0.1) is 12.1 Å². The maximum Gasteiger partial charge on any atom is 0.225 e. The predicted molar refractivity (Wildman–Crippen MR) is 124 cm³/mol. The summed E-state index contributed by atoms with van der Waals surface area (Å²) in [6.45, 7) is 16.1. The maximum absolute atomic E-state index is 12.8. The van der Waals surface area contributed by atoms with Crippen LogP contribution in [0, 0.1) is 5.92 Å². The lowest BCUT2D eigenvalue weighted by Gasteiger charge is -2.36. The van der Waals surface area contributed by atoms with Crippen molar-refractivity contribution in [3.63, 3.8) is 0 Å². The average molecular weight is 422 g/mol. The van der Waals surface area contributed by atoms with Crippen LogP contribution in [0.5, 0.6) is 0 Å². The Morgan fingerprint density at radius 3 is 2.24 bits per heavy atom. The zero-order chi connectivity index (χ0) is 22.2. The number of likely N-dealkylation sites (N-methyl/N-ethyl adjacent to an activating group) is 1. The molecule has 0 unspecified atom stereocenters. The van der Waals surface area contributed by atoms with Gasteiger partial charge in [0, 0.05) is 19.6 Å². The number of benzene rings is 1. The minimum atomic E-state index is -1.66. The Balaban J connectivity index is 2.36. The molecule has 0 aliphatic heterocycles. The maximum atomic E-state index is 12.8. The summed E-state index contributed by atoms with van der Waals surface area (Å²) in [5.41, 5.74) is 0.842. The predicted octanol–water partition coefficient (Wildman–Crippen LogP) is 5.79. The fourth-order valence-corrected chi connectivity index (χ4v) is 4.17. The molecule has 3 atom stereocenters. The van der Waals surface area contributed by atoms with Gasteiger partial charge in [0.25, 0.3) is 0 Å². The molecule has 0 spiro atoms. The third-order valence-corrected chi connectivity index (χ3v) is 11.1. The quantitative estimate of drug-likeness (QED) is 0.364. The molecule has 0 bridgehead atoms. The second-order valence-electron chi connectivity index (χ2n) is 9.90. The Morgan fingerprint density at radius 1 is 1.10 bits per heavy atom. The van der Waals surface area contributed by atoms with Crippen molar-refractivity contribution in [2.24, 2.45) is 5.92 Å². The molecule has 5 heteroatoms. The van der Waals surface area contributed by atoms with Gasteiger partial charge in [-0.05, 0) is 43.5 Å². The minimum Gasteiger partial charge on any atom is -0.417 e. The monoisotopic (exact) mass is 421 g/mol. The van der Waals surface area contributed by atoms with E-state index in [-0.39, 0.29) is 22.9 Å². The van der Waals surface area contributed by atoms with Crippen molar-refractivity contribution >= 4 is 14.2 Å². The highest BCUT2D eigenvalue weighted by Gasteiger charge is 2.36. The molecule has 0 heterocycles. The van der Waals surface area contributed by atoms with E-state index in [4.69, 9.17) is 4.43 Å². The van der Waals surface area contributed by atoms with Gasteiger partial charge in [-0.15, -0.1) is 0 Å². The van der Waals surface area contributed by atoms with Crippen molar-refractivity contribution in [1.82, 2.24) is 4.90 Å². The van der Waals surface area contributed by atoms with Gasteiger partial charge >= 0.3 is 0 Å². The number of carbonyl (C=O) groups excluding carboxylic acids is 1. The molecule has 0 aromatic heterocycles. The Bertz CT molecular complexity index is 612. The molecule has 0 saturated heterocycles. The van der Waals surface area contributed by atoms with Gasteiger partial charge in [0.15, 0.2) is 8.32 Å². The smallest absolute Gasteiger partial charge is 0.225 e. The molecule has 1 amide bonds. The summed E-state index contributed by atoms with van der Waals surface area (Å²) in [4.78, 5) is 14.5. The van der Waals surface area contributed by atoms with Crippen LogP contribution >= 0.6 is 0 Å². The molecule has 0 aliphatic carbocycles. The first-order valence-electron chi connectivity index (χ1n) is 11.0. The van der Waals surface area contributed by atoms with E-state index in [9.17, 15) is 9.90 Å². The Morgan fingerprint density at radius 2 is 1.69 bits per heavy atom. The summed E-state index contributed by atoms with van der Waals surface area (Å²) in [5.74, 6) is 0.0664. The van der Waals surface area contributed by atoms with Crippen LogP contribution in [0.15, 0.2) is 30.3 Å². The van der Waals surface area contributed by atoms with Crippen LogP contribution in [-0.4, -0.2) is 43.9 Å². The van der Waals surface area contributed by atoms with E-state index in [0.717, 1.165) is 37.9 Å². The zero-order valence-corrected chi connectivity index (χ0v) is 20.9. The molecule has 0 saturated carbocycles. The number of amides is 1. The SMILES string of the molecule is C[C@H](CCCCCO[Si](C)(C)C(C)(C)C)C(=O)N(C)[C@@H](C)[C@@H](O)c1ccccc1. The van der Waals surface area contributed by atoms with Gasteiger partial charge in [0.2, 0.25) is 5.91 Å². The van der Waals surface area contributed by atoms with Gasteiger partial charge in [-0.2, -0.15) is 0 Å². The van der Waals surface area contributed by atoms with Crippen LogP contribution in [0.4, 0.5) is 0 Å². The van der Waals surface area contributed by atoms with Crippen molar-refractivity contribution in [3.8, 4) is 0 Å². The highest BCUT2D eigenvalue weighted by atomic mass is 28.4. The number of nitrogens with zero attached hydrogens (tertiary/aromatic N) is 1. The van der Waals surface area contributed by atoms with Crippen molar-refractivity contribution < 1.29 is 14.3 Å². The van der Waals surface area contributed by atoms with E-state index in [1.807, 2.05) is 44.2 Å². The topological polar surface area (TPSA) is 49.8 Å². The average Bonchev–Trinajstić information content (AvgIpc) is 2.67. The second-order valence-corrected chi connectivity index (χ2v) is 14.7. The lowest BCUT2D eigenvalue weighted by molar-refractivity contribution is -0.138. The molecule has 4 nitrogen and oxygen atoms in total. The van der Waals surface area contributed by atoms with Gasteiger partial charge < -0.3 is 14.4 Å². The molecule has 0 radical (unpaired) electrons. The van der Waals surface area contributed by atoms with Gasteiger partial charge in [0.1, 0.15) is 0 Å². The third kappa shape index (κ3) is 7.87. The van der Waals surface area contributed by atoms with E-state index in [1.54, 1.807) is 11.9 Å². The molecule has 1 aromatic rings. The fraction of sp³-hybridized carbons (Fsp3) is 0.708. The molecular formula is C24H43NO3Si. The van der Waals surface area contributed by atoms with Gasteiger partial charge in [-0.3, -0.25) is 4.79 Å². The normalized spacial score (nSPS) is 15.6. The van der Waals surface area contributed by atoms with Crippen molar-refractivity contribution in [2.75, 3.05) is 13.7 Å². The number of hydrogen-bond acceptors (Lipinski definition) is 3. The molecule has 1 aromatic carbocycles. The summed E-state index contributed by atoms with van der Waals surface area (Å²) in [7, 11) is 0.139. The molecule has 1 rings (SSSR count). The highest BCUT2D eigenvalue weighted by Crippen LogP contribution is 2.36. The minimum absolute atomic E-state index is 0.0354. The number of unbranched alkanes of at least 4 members (excludes halogenated alkanes) is 2. The number of hydrogen-bond donors (Lipinski definition) is 1. The van der Waals surface area contributed by atoms with Crippen molar-refractivity contribution in [1.29, 1.82) is 0 Å². The molecule has 0 aliphatic rings. The summed E-state index contributed by atoms with van der Waals surface area (Å²) < 4.78 is 6.22. The van der Waals surface area contributed by atoms with Gasteiger partial charge in [-0.25, -0.2) is 0 Å². The summed E-state index contributed by atoms with van der Waals surface area (Å²) in [6, 6.07) is 9.28. The molecule has 1 N–H and O–H groups in total. The van der Waals surface area contributed by atoms with Crippen molar-refractivity contribution in [2.45, 2.75) is 90.6 Å². The van der Waals surface area contributed by atoms with Crippen LogP contribution < -0.4 is 0 Å². The number of rotatable bonds is 11. The Labute approximate surface area is 179 Å². The van der Waals surface area contributed by atoms with E-state index in [1.165, 1.54) is 0 Å². The highest BCUT2D eigenvalue weighted by molar-refractivity contribution is 6.74. The Kier molecular flexibility index (Phi) is 10.1. The molecule has 166 valence electrons. The summed E-state index contributed by atoms with van der Waals surface area (Å²) in [5, 5.41) is 10.8. The third-order valence-electron chi connectivity index (χ3n) is 6.53.